The van der Waals surface area contributed by atoms with Crippen LogP contribution in [0.2, 0.25) is 5.02 Å². The lowest BCUT2D eigenvalue weighted by atomic mass is 10.3. The normalized spacial score (nSPS) is 9.90. The molecule has 4 heteroatoms. The van der Waals surface area contributed by atoms with Crippen molar-refractivity contribution >= 4 is 55.8 Å². The van der Waals surface area contributed by atoms with Crippen molar-refractivity contribution in [1.29, 1.82) is 0 Å². The minimum absolute atomic E-state index is 0.678. The van der Waals surface area contributed by atoms with Gasteiger partial charge in [0.05, 0.1) is 5.02 Å². The summed E-state index contributed by atoms with van der Waals surface area (Å²) in [4.78, 5) is 0. The first-order valence-electron chi connectivity index (χ1n) is 2.51. The van der Waals surface area contributed by atoms with Crippen LogP contribution in [0.4, 0.5) is 5.69 Å². The third kappa shape index (κ3) is 1.77. The highest BCUT2D eigenvalue weighted by Crippen LogP contribution is 2.28. The van der Waals surface area contributed by atoms with E-state index in [0.717, 1.165) is 8.04 Å². The molecule has 0 radical (unpaired) electrons. The second kappa shape index (κ2) is 3.28. The molecule has 1 aromatic rings. The largest absolute Gasteiger partial charge is 0.399 e. The van der Waals surface area contributed by atoms with Crippen LogP contribution in [-0.4, -0.2) is 0 Å². The molecule has 54 valence electrons. The third-order valence-electron chi connectivity index (χ3n) is 1.01. The summed E-state index contributed by atoms with van der Waals surface area (Å²) >= 11 is 11.3. The number of anilines is 1. The van der Waals surface area contributed by atoms with Crippen molar-refractivity contribution in [2.45, 2.75) is 0 Å². The molecule has 0 heterocycles. The van der Waals surface area contributed by atoms with Crippen molar-refractivity contribution in [1.82, 2.24) is 0 Å². The summed E-state index contributed by atoms with van der Waals surface area (Å²) < 4.78 is 1.94. The first-order valence-corrected chi connectivity index (χ1v) is 4.76. The zero-order valence-electron chi connectivity index (χ0n) is 4.87. The zero-order valence-corrected chi connectivity index (χ0v) is 9.37. The molecule has 0 aliphatic carbocycles. The fourth-order valence-electron chi connectivity index (χ4n) is 0.575. The van der Waals surface area contributed by atoms with Gasteiger partial charge in [-0.25, -0.2) is 0 Å². The number of hydrogen-bond donors (Lipinski definition) is 1. The van der Waals surface area contributed by atoms with E-state index in [1.165, 1.54) is 0 Å². The molecular formula is C6H4BrClIN. The van der Waals surface area contributed by atoms with E-state index in [1.807, 2.05) is 6.07 Å². The zero-order chi connectivity index (χ0) is 7.72. The van der Waals surface area contributed by atoms with Gasteiger partial charge in [0, 0.05) is 13.7 Å². The Labute approximate surface area is 86.2 Å². The van der Waals surface area contributed by atoms with E-state index in [-0.39, 0.29) is 0 Å². The number of rotatable bonds is 0. The van der Waals surface area contributed by atoms with Gasteiger partial charge in [0.1, 0.15) is 0 Å². The lowest BCUT2D eigenvalue weighted by molar-refractivity contribution is 1.58. The van der Waals surface area contributed by atoms with Crippen LogP contribution < -0.4 is 5.73 Å². The maximum atomic E-state index is 5.80. The first-order chi connectivity index (χ1) is 4.61. The van der Waals surface area contributed by atoms with E-state index in [9.17, 15) is 0 Å². The van der Waals surface area contributed by atoms with Gasteiger partial charge in [0.2, 0.25) is 0 Å². The molecular weight excluding hydrogens is 328 g/mol. The smallest absolute Gasteiger partial charge is 0.0571 e. The Morgan fingerprint density at radius 1 is 1.50 bits per heavy atom. The summed E-state index contributed by atoms with van der Waals surface area (Å²) in [6.45, 7) is 0. The van der Waals surface area contributed by atoms with Gasteiger partial charge >= 0.3 is 0 Å². The highest BCUT2D eigenvalue weighted by atomic mass is 127. The molecule has 1 rings (SSSR count). The summed E-state index contributed by atoms with van der Waals surface area (Å²) in [5.41, 5.74) is 6.19. The molecule has 0 spiro atoms. The van der Waals surface area contributed by atoms with Crippen LogP contribution in [0, 0.1) is 3.57 Å². The van der Waals surface area contributed by atoms with Gasteiger partial charge in [-0.2, -0.15) is 0 Å². The lowest BCUT2D eigenvalue weighted by Crippen LogP contribution is -1.86. The molecule has 0 aromatic heterocycles. The Balaban J connectivity index is 3.31. The molecule has 0 unspecified atom stereocenters. The monoisotopic (exact) mass is 331 g/mol. The average molecular weight is 332 g/mol. The minimum Gasteiger partial charge on any atom is -0.399 e. The predicted octanol–water partition coefficient (Wildman–Crippen LogP) is 3.29. The second-order valence-electron chi connectivity index (χ2n) is 1.80. The number of nitrogens with two attached hydrogens (primary N) is 1. The van der Waals surface area contributed by atoms with E-state index in [2.05, 4.69) is 38.5 Å². The quantitative estimate of drug-likeness (QED) is 0.440. The van der Waals surface area contributed by atoms with Gasteiger partial charge in [-0.15, -0.1) is 0 Å². The van der Waals surface area contributed by atoms with Crippen molar-refractivity contribution in [2.24, 2.45) is 0 Å². The van der Waals surface area contributed by atoms with E-state index in [0.29, 0.717) is 10.7 Å². The third-order valence-corrected chi connectivity index (χ3v) is 4.15. The van der Waals surface area contributed by atoms with Crippen LogP contribution in [0.25, 0.3) is 0 Å². The van der Waals surface area contributed by atoms with Crippen LogP contribution in [0.15, 0.2) is 16.6 Å². The minimum atomic E-state index is 0.678. The topological polar surface area (TPSA) is 26.0 Å². The van der Waals surface area contributed by atoms with Crippen molar-refractivity contribution in [3.63, 3.8) is 0 Å². The molecule has 1 nitrogen and oxygen atoms in total. The molecule has 1 aromatic carbocycles. The highest BCUT2D eigenvalue weighted by molar-refractivity contribution is 14.1. The van der Waals surface area contributed by atoms with Gasteiger partial charge in [0.25, 0.3) is 0 Å². The van der Waals surface area contributed by atoms with E-state index in [1.54, 1.807) is 6.07 Å². The van der Waals surface area contributed by atoms with Crippen molar-refractivity contribution in [2.75, 3.05) is 5.73 Å². The Morgan fingerprint density at radius 2 is 2.10 bits per heavy atom. The summed E-state index contributed by atoms with van der Waals surface area (Å²) in [5.74, 6) is 0. The number of halogens is 3. The van der Waals surface area contributed by atoms with Gasteiger partial charge in [-0.1, -0.05) is 11.6 Å². The summed E-state index contributed by atoms with van der Waals surface area (Å²) in [6.07, 6.45) is 0. The predicted molar refractivity (Wildman–Crippen MR) is 56.3 cm³/mol. The van der Waals surface area contributed by atoms with Crippen molar-refractivity contribution in [3.8, 4) is 0 Å². The molecule has 0 atom stereocenters. The van der Waals surface area contributed by atoms with Crippen LogP contribution >= 0.6 is 50.1 Å². The van der Waals surface area contributed by atoms with Crippen LogP contribution in [0.5, 0.6) is 0 Å². The standard InChI is InChI=1S/C6H4BrClIN/c7-4-1-3(10)2-5(8)6(4)9/h1-2H,10H2. The number of hydrogen-bond acceptors (Lipinski definition) is 1. The lowest BCUT2D eigenvalue weighted by Gasteiger charge is -1.99. The number of benzene rings is 1. The molecule has 0 aliphatic rings. The Kier molecular flexibility index (Phi) is 2.82. The maximum absolute atomic E-state index is 5.80. The molecule has 0 aliphatic heterocycles. The Morgan fingerprint density at radius 3 is 2.60 bits per heavy atom. The fraction of sp³-hybridized carbons (Fsp3) is 0. The average Bonchev–Trinajstić information content (AvgIpc) is 1.82. The highest BCUT2D eigenvalue weighted by Gasteiger charge is 2.01. The van der Waals surface area contributed by atoms with Gasteiger partial charge in [0.15, 0.2) is 0 Å². The summed E-state index contributed by atoms with van der Waals surface area (Å²) in [7, 11) is 0. The van der Waals surface area contributed by atoms with Gasteiger partial charge in [-0.3, -0.25) is 0 Å². The SMILES string of the molecule is Nc1cc(Cl)c(I)c(Br)c1. The van der Waals surface area contributed by atoms with E-state index < -0.39 is 0 Å². The molecule has 0 amide bonds. The molecule has 0 fully saturated rings. The van der Waals surface area contributed by atoms with E-state index >= 15 is 0 Å². The first kappa shape index (κ1) is 8.62. The van der Waals surface area contributed by atoms with Crippen LogP contribution in [-0.2, 0) is 0 Å². The maximum Gasteiger partial charge on any atom is 0.0571 e. The van der Waals surface area contributed by atoms with Crippen LogP contribution in [0.3, 0.4) is 0 Å². The number of nitrogen functional groups attached to an aromatic ring is 1. The second-order valence-corrected chi connectivity index (χ2v) is 4.14. The van der Waals surface area contributed by atoms with Crippen LogP contribution in [0.1, 0.15) is 0 Å². The molecule has 10 heavy (non-hydrogen) atoms. The molecule has 2 N–H and O–H groups in total. The van der Waals surface area contributed by atoms with Crippen molar-refractivity contribution in [3.05, 3.63) is 25.2 Å². The van der Waals surface area contributed by atoms with Crippen molar-refractivity contribution < 1.29 is 0 Å². The Bertz CT molecular complexity index is 241. The molecule has 0 saturated carbocycles. The fourth-order valence-corrected chi connectivity index (χ4v) is 1.71. The summed E-state index contributed by atoms with van der Waals surface area (Å²) in [6, 6.07) is 3.56. The van der Waals surface area contributed by atoms with E-state index in [4.69, 9.17) is 17.3 Å². The molecule has 0 bridgehead atoms. The van der Waals surface area contributed by atoms with Gasteiger partial charge in [-0.05, 0) is 50.7 Å². The van der Waals surface area contributed by atoms with Gasteiger partial charge < -0.3 is 5.73 Å². The molecule has 0 saturated heterocycles. The Hall–Kier alpha value is 0.520. The summed E-state index contributed by atoms with van der Waals surface area (Å²) in [5, 5.41) is 0.687.